The normalized spacial score (nSPS) is 17.1. The molecule has 1 fully saturated rings. The summed E-state index contributed by atoms with van der Waals surface area (Å²) in [7, 11) is 0. The Kier molecular flexibility index (Phi) is 4.95. The van der Waals surface area contributed by atoms with Crippen molar-refractivity contribution in [3.05, 3.63) is 46.9 Å². The largest absolute Gasteiger partial charge is 0.391 e. The van der Waals surface area contributed by atoms with Crippen molar-refractivity contribution in [2.45, 2.75) is 39.3 Å². The number of rotatable bonds is 4. The number of pyridine rings is 2. The SMILES string of the molecule is Cc1cc(C(=O)NCc2cccnc2N2CCC[C@H](O)C2)c2c(C)noc2n1. The van der Waals surface area contributed by atoms with E-state index in [1.807, 2.05) is 19.1 Å². The predicted molar refractivity (Wildman–Crippen MR) is 104 cm³/mol. The number of aromatic nitrogens is 3. The molecule has 3 aromatic heterocycles. The number of nitrogens with one attached hydrogen (secondary N) is 1. The number of hydrogen-bond acceptors (Lipinski definition) is 7. The maximum Gasteiger partial charge on any atom is 0.258 e. The number of amides is 1. The Morgan fingerprint density at radius 1 is 1.43 bits per heavy atom. The van der Waals surface area contributed by atoms with Crippen LogP contribution in [-0.2, 0) is 6.54 Å². The number of hydrogen-bond donors (Lipinski definition) is 2. The van der Waals surface area contributed by atoms with E-state index in [0.29, 0.717) is 41.1 Å². The van der Waals surface area contributed by atoms with E-state index in [-0.39, 0.29) is 12.0 Å². The first-order valence-corrected chi connectivity index (χ1v) is 9.41. The summed E-state index contributed by atoms with van der Waals surface area (Å²) in [5, 5.41) is 17.5. The van der Waals surface area contributed by atoms with E-state index in [1.165, 1.54) is 0 Å². The number of aryl methyl sites for hydroxylation is 2. The van der Waals surface area contributed by atoms with E-state index in [4.69, 9.17) is 4.52 Å². The van der Waals surface area contributed by atoms with E-state index >= 15 is 0 Å². The highest BCUT2D eigenvalue weighted by molar-refractivity contribution is 6.06. The van der Waals surface area contributed by atoms with Gasteiger partial charge in [-0.1, -0.05) is 11.2 Å². The molecule has 2 N–H and O–H groups in total. The number of carbonyl (C=O) groups excluding carboxylic acids is 1. The first kappa shape index (κ1) is 18.4. The van der Waals surface area contributed by atoms with Crippen LogP contribution in [0.2, 0.25) is 0 Å². The molecule has 0 aliphatic carbocycles. The molecule has 146 valence electrons. The van der Waals surface area contributed by atoms with Crippen LogP contribution in [0.15, 0.2) is 28.9 Å². The molecule has 1 aliphatic rings. The molecule has 0 bridgehead atoms. The lowest BCUT2D eigenvalue weighted by Gasteiger charge is -2.32. The Morgan fingerprint density at radius 3 is 3.11 bits per heavy atom. The number of fused-ring (bicyclic) bond motifs is 1. The van der Waals surface area contributed by atoms with Crippen molar-refractivity contribution in [3.8, 4) is 0 Å². The Balaban J connectivity index is 1.56. The van der Waals surface area contributed by atoms with Crippen LogP contribution in [0.5, 0.6) is 0 Å². The molecule has 0 spiro atoms. The maximum absolute atomic E-state index is 12.9. The van der Waals surface area contributed by atoms with Gasteiger partial charge in [0.1, 0.15) is 5.82 Å². The second-order valence-corrected chi connectivity index (χ2v) is 7.17. The smallest absolute Gasteiger partial charge is 0.258 e. The highest BCUT2D eigenvalue weighted by Gasteiger charge is 2.22. The quantitative estimate of drug-likeness (QED) is 0.713. The topological polar surface area (TPSA) is 104 Å². The summed E-state index contributed by atoms with van der Waals surface area (Å²) >= 11 is 0. The van der Waals surface area contributed by atoms with Crippen LogP contribution in [0.1, 0.15) is 40.2 Å². The van der Waals surface area contributed by atoms with Crippen LogP contribution in [0.25, 0.3) is 11.1 Å². The fourth-order valence-electron chi connectivity index (χ4n) is 3.67. The monoisotopic (exact) mass is 381 g/mol. The molecule has 0 unspecified atom stereocenters. The minimum Gasteiger partial charge on any atom is -0.391 e. The summed E-state index contributed by atoms with van der Waals surface area (Å²) in [5.41, 5.74) is 3.11. The summed E-state index contributed by atoms with van der Waals surface area (Å²) in [6.45, 7) is 5.35. The van der Waals surface area contributed by atoms with Gasteiger partial charge in [-0.2, -0.15) is 0 Å². The fourth-order valence-corrected chi connectivity index (χ4v) is 3.67. The van der Waals surface area contributed by atoms with Crippen LogP contribution < -0.4 is 10.2 Å². The molecule has 8 heteroatoms. The van der Waals surface area contributed by atoms with Crippen molar-refractivity contribution in [1.82, 2.24) is 20.4 Å². The number of carbonyl (C=O) groups is 1. The van der Waals surface area contributed by atoms with Gasteiger partial charge in [0.15, 0.2) is 0 Å². The molecule has 4 rings (SSSR count). The van der Waals surface area contributed by atoms with Crippen LogP contribution in [0.3, 0.4) is 0 Å². The van der Waals surface area contributed by atoms with Gasteiger partial charge >= 0.3 is 0 Å². The molecule has 8 nitrogen and oxygen atoms in total. The van der Waals surface area contributed by atoms with E-state index in [1.54, 1.807) is 19.2 Å². The molecular weight excluding hydrogens is 358 g/mol. The lowest BCUT2D eigenvalue weighted by Crippen LogP contribution is -2.39. The fraction of sp³-hybridized carbons (Fsp3) is 0.400. The summed E-state index contributed by atoms with van der Waals surface area (Å²) < 4.78 is 5.21. The van der Waals surface area contributed by atoms with Crippen LogP contribution in [-0.4, -0.2) is 45.3 Å². The molecule has 4 heterocycles. The zero-order valence-electron chi connectivity index (χ0n) is 16.0. The van der Waals surface area contributed by atoms with Crippen LogP contribution >= 0.6 is 0 Å². The van der Waals surface area contributed by atoms with Gasteiger partial charge in [0.2, 0.25) is 0 Å². The van der Waals surface area contributed by atoms with Gasteiger partial charge in [0, 0.05) is 37.1 Å². The van der Waals surface area contributed by atoms with Gasteiger partial charge < -0.3 is 19.8 Å². The molecule has 0 saturated carbocycles. The average Bonchev–Trinajstić information content (AvgIpc) is 3.06. The van der Waals surface area contributed by atoms with E-state index in [2.05, 4.69) is 25.3 Å². The summed E-state index contributed by atoms with van der Waals surface area (Å²) in [6.07, 6.45) is 3.12. The van der Waals surface area contributed by atoms with Crippen molar-refractivity contribution in [1.29, 1.82) is 0 Å². The van der Waals surface area contributed by atoms with Gasteiger partial charge in [-0.25, -0.2) is 9.97 Å². The van der Waals surface area contributed by atoms with E-state index < -0.39 is 0 Å². The summed E-state index contributed by atoms with van der Waals surface area (Å²) in [6, 6.07) is 5.54. The molecule has 1 atom stereocenters. The zero-order chi connectivity index (χ0) is 19.7. The van der Waals surface area contributed by atoms with Gasteiger partial charge in [0.05, 0.1) is 22.7 Å². The predicted octanol–water partition coefficient (Wildman–Crippen LogP) is 2.13. The van der Waals surface area contributed by atoms with Gasteiger partial charge in [-0.15, -0.1) is 0 Å². The van der Waals surface area contributed by atoms with Crippen molar-refractivity contribution >= 4 is 22.8 Å². The van der Waals surface area contributed by atoms with Gasteiger partial charge in [-0.05, 0) is 38.8 Å². The second-order valence-electron chi connectivity index (χ2n) is 7.17. The molecule has 0 aromatic carbocycles. The number of piperidine rings is 1. The number of anilines is 1. The van der Waals surface area contributed by atoms with Gasteiger partial charge in [0.25, 0.3) is 11.6 Å². The highest BCUT2D eigenvalue weighted by Crippen LogP contribution is 2.24. The van der Waals surface area contributed by atoms with Crippen molar-refractivity contribution in [2.24, 2.45) is 0 Å². The van der Waals surface area contributed by atoms with E-state index in [0.717, 1.165) is 30.8 Å². The van der Waals surface area contributed by atoms with Crippen molar-refractivity contribution in [3.63, 3.8) is 0 Å². The molecule has 1 saturated heterocycles. The minimum absolute atomic E-state index is 0.213. The molecule has 28 heavy (non-hydrogen) atoms. The Hall–Kier alpha value is -3.00. The lowest BCUT2D eigenvalue weighted by molar-refractivity contribution is 0.0952. The van der Waals surface area contributed by atoms with Crippen molar-refractivity contribution < 1.29 is 14.4 Å². The molecule has 3 aromatic rings. The Bertz CT molecular complexity index is 1020. The number of nitrogens with zero attached hydrogens (tertiary/aromatic N) is 4. The first-order chi connectivity index (χ1) is 13.5. The molecule has 1 amide bonds. The first-order valence-electron chi connectivity index (χ1n) is 9.41. The molecular formula is C20H23N5O3. The lowest BCUT2D eigenvalue weighted by atomic mass is 10.1. The maximum atomic E-state index is 12.9. The summed E-state index contributed by atoms with van der Waals surface area (Å²) in [5.74, 6) is 0.592. The number of β-amino-alcohol motifs (C(OH)–C–C–N with tert-alkyl or cyclic N) is 1. The summed E-state index contributed by atoms with van der Waals surface area (Å²) in [4.78, 5) is 23.7. The van der Waals surface area contributed by atoms with Crippen molar-refractivity contribution in [2.75, 3.05) is 18.0 Å². The minimum atomic E-state index is -0.345. The second kappa shape index (κ2) is 7.55. The Labute approximate surface area is 162 Å². The average molecular weight is 381 g/mol. The molecule has 0 radical (unpaired) electrons. The van der Waals surface area contributed by atoms with Gasteiger partial charge in [-0.3, -0.25) is 4.79 Å². The Morgan fingerprint density at radius 2 is 2.29 bits per heavy atom. The third-order valence-corrected chi connectivity index (χ3v) is 4.99. The zero-order valence-corrected chi connectivity index (χ0v) is 16.0. The number of aliphatic hydroxyl groups is 1. The molecule has 1 aliphatic heterocycles. The number of aliphatic hydroxyl groups excluding tert-OH is 1. The standard InChI is InChI=1S/C20H23N5O3/c1-12-9-16(17-13(2)24-28-20(17)23-12)19(27)22-10-14-5-3-7-21-18(14)25-8-4-6-15(26)11-25/h3,5,7,9,15,26H,4,6,8,10-11H2,1-2H3,(H,22,27)/t15-/m0/s1. The highest BCUT2D eigenvalue weighted by atomic mass is 16.5. The third-order valence-electron chi connectivity index (χ3n) is 4.99. The van der Waals surface area contributed by atoms with Crippen LogP contribution in [0, 0.1) is 13.8 Å². The van der Waals surface area contributed by atoms with E-state index in [9.17, 15) is 9.90 Å². The third kappa shape index (κ3) is 3.55. The van der Waals surface area contributed by atoms with Crippen LogP contribution in [0.4, 0.5) is 5.82 Å².